The van der Waals surface area contributed by atoms with Crippen LogP contribution >= 0.6 is 0 Å². The van der Waals surface area contributed by atoms with E-state index >= 15 is 0 Å². The maximum absolute atomic E-state index is 9.95. The lowest BCUT2D eigenvalue weighted by Crippen LogP contribution is -2.57. The molecule has 24 heavy (non-hydrogen) atoms. The fraction of sp³-hybridized carbons (Fsp3) is 0.619. The van der Waals surface area contributed by atoms with Crippen molar-refractivity contribution in [3.8, 4) is 6.19 Å². The number of rotatable bonds is 3. The first-order valence-electron chi connectivity index (χ1n) is 9.55. The molecule has 0 heterocycles. The number of hydrogen-bond acceptors (Lipinski definition) is 2. The van der Waals surface area contributed by atoms with Crippen molar-refractivity contribution in [2.24, 2.45) is 23.7 Å². The first-order valence-corrected chi connectivity index (χ1v) is 9.55. The molecule has 0 amide bonds. The van der Waals surface area contributed by atoms with Gasteiger partial charge in [0.15, 0.2) is 6.19 Å². The maximum atomic E-state index is 9.95. The zero-order valence-electron chi connectivity index (χ0n) is 14.1. The standard InChI is InChI=1S/C21H25N3/c22-13-24(19-16-9-14-8-15(11-16)12-17(19)10-14)20(23)21(6-7-21)18-4-2-1-3-5-18/h1-5,14-17,19,23H,6-12H2. The summed E-state index contributed by atoms with van der Waals surface area (Å²) in [5.74, 6) is 3.68. The summed E-state index contributed by atoms with van der Waals surface area (Å²) in [6, 6.07) is 10.7. The number of hydrogen-bond donors (Lipinski definition) is 1. The Bertz CT molecular complexity index is 670. The molecule has 124 valence electrons. The normalized spacial score (nSPS) is 37.7. The van der Waals surface area contributed by atoms with Crippen molar-refractivity contribution >= 4 is 5.84 Å². The molecule has 5 saturated carbocycles. The SMILES string of the molecule is N#CN(C(=N)C1(c2ccccc2)CC1)C1C2CC3CC(C2)CC1C3. The van der Waals surface area contributed by atoms with Gasteiger partial charge in [0.2, 0.25) is 0 Å². The first kappa shape index (κ1) is 14.5. The highest BCUT2D eigenvalue weighted by molar-refractivity contribution is 5.94. The Morgan fingerprint density at radius 3 is 2.08 bits per heavy atom. The number of benzene rings is 1. The molecule has 0 unspecified atom stereocenters. The molecule has 5 aliphatic rings. The van der Waals surface area contributed by atoms with Crippen LogP contribution in [0.2, 0.25) is 0 Å². The first-order chi connectivity index (χ1) is 11.7. The topological polar surface area (TPSA) is 50.9 Å². The second kappa shape index (κ2) is 5.09. The minimum atomic E-state index is -0.189. The lowest BCUT2D eigenvalue weighted by molar-refractivity contribution is -0.0333. The Kier molecular flexibility index (Phi) is 3.08. The van der Waals surface area contributed by atoms with E-state index in [1.54, 1.807) is 0 Å². The molecule has 0 atom stereocenters. The summed E-state index contributed by atoms with van der Waals surface area (Å²) >= 11 is 0. The minimum Gasteiger partial charge on any atom is -0.287 e. The van der Waals surface area contributed by atoms with Crippen LogP contribution in [0.25, 0.3) is 0 Å². The van der Waals surface area contributed by atoms with E-state index in [0.717, 1.165) is 24.7 Å². The van der Waals surface area contributed by atoms with Crippen molar-refractivity contribution in [1.82, 2.24) is 4.90 Å². The van der Waals surface area contributed by atoms with Crippen molar-refractivity contribution in [3.63, 3.8) is 0 Å². The highest BCUT2D eigenvalue weighted by atomic mass is 15.2. The summed E-state index contributed by atoms with van der Waals surface area (Å²) in [5.41, 5.74) is 1.03. The van der Waals surface area contributed by atoms with Gasteiger partial charge in [0.05, 0.1) is 11.5 Å². The van der Waals surface area contributed by atoms with Crippen molar-refractivity contribution in [2.75, 3.05) is 0 Å². The highest BCUT2D eigenvalue weighted by Gasteiger charge is 2.56. The van der Waals surface area contributed by atoms with Gasteiger partial charge in [-0.15, -0.1) is 0 Å². The van der Waals surface area contributed by atoms with Crippen molar-refractivity contribution in [2.45, 2.75) is 56.4 Å². The lowest BCUT2D eigenvalue weighted by Gasteiger charge is -2.56. The number of nitrogens with one attached hydrogen (secondary N) is 1. The van der Waals surface area contributed by atoms with Crippen LogP contribution < -0.4 is 0 Å². The smallest absolute Gasteiger partial charge is 0.185 e. The summed E-state index contributed by atoms with van der Waals surface area (Å²) < 4.78 is 0. The summed E-state index contributed by atoms with van der Waals surface area (Å²) in [6.45, 7) is 0. The Balaban J connectivity index is 1.45. The molecule has 0 aliphatic heterocycles. The molecule has 0 radical (unpaired) electrons. The summed E-state index contributed by atoms with van der Waals surface area (Å²) in [7, 11) is 0. The number of nitrogens with zero attached hydrogens (tertiary/aromatic N) is 2. The maximum Gasteiger partial charge on any atom is 0.185 e. The van der Waals surface area contributed by atoms with E-state index in [4.69, 9.17) is 5.41 Å². The number of amidine groups is 1. The number of nitriles is 1. The fourth-order valence-electron chi connectivity index (χ4n) is 6.36. The van der Waals surface area contributed by atoms with Gasteiger partial charge in [-0.25, -0.2) is 0 Å². The van der Waals surface area contributed by atoms with Gasteiger partial charge in [-0.05, 0) is 74.2 Å². The predicted molar refractivity (Wildman–Crippen MR) is 93.4 cm³/mol. The Hall–Kier alpha value is -1.82. The van der Waals surface area contributed by atoms with Gasteiger partial charge in [-0.2, -0.15) is 5.26 Å². The Labute approximate surface area is 144 Å². The van der Waals surface area contributed by atoms with Crippen LogP contribution in [0, 0.1) is 40.5 Å². The fourth-order valence-corrected chi connectivity index (χ4v) is 6.36. The average Bonchev–Trinajstić information content (AvgIpc) is 3.40. The molecule has 0 saturated heterocycles. The molecule has 6 rings (SSSR count). The van der Waals surface area contributed by atoms with Crippen molar-refractivity contribution in [3.05, 3.63) is 35.9 Å². The molecule has 0 aromatic heterocycles. The average molecular weight is 319 g/mol. The highest BCUT2D eigenvalue weighted by Crippen LogP contribution is 2.57. The van der Waals surface area contributed by atoms with Gasteiger partial charge >= 0.3 is 0 Å². The van der Waals surface area contributed by atoms with Crippen LogP contribution in [-0.2, 0) is 5.41 Å². The third kappa shape index (κ3) is 1.98. The molecular weight excluding hydrogens is 294 g/mol. The van der Waals surface area contributed by atoms with E-state index in [1.165, 1.54) is 37.7 Å². The van der Waals surface area contributed by atoms with E-state index in [-0.39, 0.29) is 5.41 Å². The second-order valence-electron chi connectivity index (χ2n) is 8.69. The largest absolute Gasteiger partial charge is 0.287 e. The molecule has 4 bridgehead atoms. The quantitative estimate of drug-likeness (QED) is 0.391. The van der Waals surface area contributed by atoms with Gasteiger partial charge in [-0.3, -0.25) is 10.3 Å². The summed E-state index contributed by atoms with van der Waals surface area (Å²) in [4.78, 5) is 1.85. The lowest BCUT2D eigenvalue weighted by atomic mass is 9.54. The van der Waals surface area contributed by atoms with Gasteiger partial charge in [0, 0.05) is 0 Å². The monoisotopic (exact) mass is 319 g/mol. The van der Waals surface area contributed by atoms with Crippen LogP contribution in [0.5, 0.6) is 0 Å². The van der Waals surface area contributed by atoms with Crippen LogP contribution in [0.4, 0.5) is 0 Å². The van der Waals surface area contributed by atoms with Crippen LogP contribution in [0.15, 0.2) is 30.3 Å². The van der Waals surface area contributed by atoms with Crippen LogP contribution in [0.3, 0.4) is 0 Å². The molecule has 5 fully saturated rings. The molecule has 3 heteroatoms. The third-order valence-corrected chi connectivity index (χ3v) is 7.35. The summed E-state index contributed by atoms with van der Waals surface area (Å²) in [6.07, 6.45) is 11.1. The van der Waals surface area contributed by atoms with E-state index in [2.05, 4.69) is 30.5 Å². The van der Waals surface area contributed by atoms with Crippen LogP contribution in [-0.4, -0.2) is 16.8 Å². The molecule has 0 spiro atoms. The van der Waals surface area contributed by atoms with Gasteiger partial charge in [0.1, 0.15) is 5.84 Å². The molecule has 5 aliphatic carbocycles. The minimum absolute atomic E-state index is 0.189. The zero-order valence-corrected chi connectivity index (χ0v) is 14.1. The van der Waals surface area contributed by atoms with Gasteiger partial charge in [0.25, 0.3) is 0 Å². The molecule has 1 N–H and O–H groups in total. The van der Waals surface area contributed by atoms with Gasteiger partial charge in [-0.1, -0.05) is 30.3 Å². The molecular formula is C21H25N3. The molecule has 1 aromatic rings. The van der Waals surface area contributed by atoms with Gasteiger partial charge < -0.3 is 0 Å². The van der Waals surface area contributed by atoms with Crippen molar-refractivity contribution < 1.29 is 0 Å². The second-order valence-corrected chi connectivity index (χ2v) is 8.69. The molecule has 1 aromatic carbocycles. The molecule has 3 nitrogen and oxygen atoms in total. The van der Waals surface area contributed by atoms with Crippen LogP contribution in [0.1, 0.15) is 50.5 Å². The Morgan fingerprint density at radius 1 is 1.00 bits per heavy atom. The summed E-state index contributed by atoms with van der Waals surface area (Å²) in [5, 5.41) is 18.9. The van der Waals surface area contributed by atoms with Crippen molar-refractivity contribution in [1.29, 1.82) is 10.7 Å². The third-order valence-electron chi connectivity index (χ3n) is 7.35. The zero-order chi connectivity index (χ0) is 16.3. The van der Waals surface area contributed by atoms with E-state index < -0.39 is 0 Å². The van der Waals surface area contributed by atoms with E-state index in [0.29, 0.717) is 23.7 Å². The van der Waals surface area contributed by atoms with E-state index in [9.17, 15) is 5.26 Å². The van der Waals surface area contributed by atoms with E-state index in [1.807, 2.05) is 11.0 Å². The Morgan fingerprint density at radius 2 is 1.58 bits per heavy atom. The predicted octanol–water partition coefficient (Wildman–Crippen LogP) is 4.30.